The number of aryl methyl sites for hydroxylation is 1. The van der Waals surface area contributed by atoms with Crippen molar-refractivity contribution >= 4 is 23.6 Å². The summed E-state index contributed by atoms with van der Waals surface area (Å²) in [5.74, 6) is -0.451. The lowest BCUT2D eigenvalue weighted by Crippen LogP contribution is -2.36. The van der Waals surface area contributed by atoms with Crippen molar-refractivity contribution in [3.05, 3.63) is 29.8 Å². The van der Waals surface area contributed by atoms with Crippen LogP contribution in [-0.2, 0) is 14.3 Å². The number of aliphatic carboxylic acids is 1. The van der Waals surface area contributed by atoms with Crippen LogP contribution < -0.4 is 5.32 Å². The minimum atomic E-state index is -1.000. The molecule has 21 heavy (non-hydrogen) atoms. The van der Waals surface area contributed by atoms with Crippen LogP contribution in [0.2, 0.25) is 0 Å². The van der Waals surface area contributed by atoms with Crippen LogP contribution in [0.4, 0.5) is 0 Å². The van der Waals surface area contributed by atoms with Gasteiger partial charge in [0.25, 0.3) is 0 Å². The van der Waals surface area contributed by atoms with Gasteiger partial charge < -0.3 is 15.2 Å². The van der Waals surface area contributed by atoms with Gasteiger partial charge >= 0.3 is 5.97 Å². The van der Waals surface area contributed by atoms with Gasteiger partial charge in [-0.1, -0.05) is 17.7 Å². The van der Waals surface area contributed by atoms with Gasteiger partial charge in [0.1, 0.15) is 6.10 Å². The van der Waals surface area contributed by atoms with E-state index >= 15 is 0 Å². The maximum absolute atomic E-state index is 11.8. The van der Waals surface area contributed by atoms with Crippen molar-refractivity contribution in [3.63, 3.8) is 0 Å². The zero-order chi connectivity index (χ0) is 15.2. The maximum Gasteiger partial charge on any atom is 0.332 e. The Bertz CT molecular complexity index is 503. The van der Waals surface area contributed by atoms with Crippen LogP contribution in [0.1, 0.15) is 18.4 Å². The highest BCUT2D eigenvalue weighted by molar-refractivity contribution is 7.99. The third kappa shape index (κ3) is 4.75. The van der Waals surface area contributed by atoms with Crippen molar-refractivity contribution in [2.45, 2.75) is 36.9 Å². The van der Waals surface area contributed by atoms with Gasteiger partial charge in [-0.25, -0.2) is 4.79 Å². The van der Waals surface area contributed by atoms with E-state index in [1.54, 1.807) is 11.8 Å². The minimum absolute atomic E-state index is 0.219. The Morgan fingerprint density at radius 1 is 1.29 bits per heavy atom. The molecule has 6 heteroatoms. The van der Waals surface area contributed by atoms with E-state index in [-0.39, 0.29) is 5.91 Å². The van der Waals surface area contributed by atoms with Crippen LogP contribution in [0.5, 0.6) is 0 Å². The minimum Gasteiger partial charge on any atom is -0.479 e. The molecule has 1 amide bonds. The summed E-state index contributed by atoms with van der Waals surface area (Å²) in [4.78, 5) is 23.7. The standard InChI is InChI=1S/C15H19NO4S/c1-10-2-4-11(5-3-10)21-9-8-16-14(17)12-6-7-13(20-12)15(18)19/h2-5,12-13H,6-9H2,1H3,(H,16,17)(H,18,19)/t12-,13+/m0/s1. The van der Waals surface area contributed by atoms with Gasteiger partial charge in [0.15, 0.2) is 6.10 Å². The monoisotopic (exact) mass is 309 g/mol. The Morgan fingerprint density at radius 3 is 2.57 bits per heavy atom. The first-order chi connectivity index (χ1) is 10.1. The molecule has 1 fully saturated rings. The number of rotatable bonds is 6. The van der Waals surface area contributed by atoms with E-state index < -0.39 is 18.2 Å². The summed E-state index contributed by atoms with van der Waals surface area (Å²) in [6, 6.07) is 8.22. The fraction of sp³-hybridized carbons (Fsp3) is 0.467. The lowest BCUT2D eigenvalue weighted by Gasteiger charge is -2.11. The zero-order valence-electron chi connectivity index (χ0n) is 11.9. The third-order valence-corrected chi connectivity index (χ3v) is 4.29. The van der Waals surface area contributed by atoms with E-state index in [4.69, 9.17) is 9.84 Å². The van der Waals surface area contributed by atoms with Crippen LogP contribution in [0, 0.1) is 6.92 Å². The summed E-state index contributed by atoms with van der Waals surface area (Å²) in [7, 11) is 0. The average Bonchev–Trinajstić information content (AvgIpc) is 2.95. The summed E-state index contributed by atoms with van der Waals surface area (Å²) in [5, 5.41) is 11.6. The number of benzene rings is 1. The van der Waals surface area contributed by atoms with Crippen LogP contribution in [-0.4, -0.2) is 41.5 Å². The third-order valence-electron chi connectivity index (χ3n) is 3.28. The van der Waals surface area contributed by atoms with Gasteiger partial charge in [0.05, 0.1) is 0 Å². The second-order valence-corrected chi connectivity index (χ2v) is 6.15. The SMILES string of the molecule is Cc1ccc(SCCNC(=O)[C@@H]2CC[C@H](C(=O)O)O2)cc1. The van der Waals surface area contributed by atoms with Crippen molar-refractivity contribution in [2.75, 3.05) is 12.3 Å². The number of hydrogen-bond acceptors (Lipinski definition) is 4. The fourth-order valence-corrected chi connectivity index (χ4v) is 2.87. The molecule has 1 aliphatic rings. The molecular weight excluding hydrogens is 290 g/mol. The van der Waals surface area contributed by atoms with Crippen molar-refractivity contribution in [2.24, 2.45) is 0 Å². The summed E-state index contributed by atoms with van der Waals surface area (Å²) >= 11 is 1.67. The molecule has 0 unspecified atom stereocenters. The molecule has 1 aromatic carbocycles. The molecule has 1 aromatic rings. The summed E-state index contributed by atoms with van der Waals surface area (Å²) in [6.07, 6.45) is -0.613. The second kappa shape index (κ2) is 7.47. The Kier molecular flexibility index (Phi) is 5.64. The Balaban J connectivity index is 1.66. The molecule has 2 N–H and O–H groups in total. The van der Waals surface area contributed by atoms with Gasteiger partial charge in [-0.05, 0) is 31.9 Å². The van der Waals surface area contributed by atoms with Crippen molar-refractivity contribution < 1.29 is 19.4 Å². The molecular formula is C15H19NO4S. The van der Waals surface area contributed by atoms with E-state index in [1.165, 1.54) is 5.56 Å². The quantitative estimate of drug-likeness (QED) is 0.619. The smallest absolute Gasteiger partial charge is 0.332 e. The highest BCUT2D eigenvalue weighted by atomic mass is 32.2. The van der Waals surface area contributed by atoms with Crippen molar-refractivity contribution in [3.8, 4) is 0 Å². The molecule has 0 spiro atoms. The number of carbonyl (C=O) groups is 2. The molecule has 1 aliphatic heterocycles. The predicted molar refractivity (Wildman–Crippen MR) is 80.4 cm³/mol. The Labute approximate surface area is 128 Å². The van der Waals surface area contributed by atoms with E-state index in [2.05, 4.69) is 29.6 Å². The number of amides is 1. The summed E-state index contributed by atoms with van der Waals surface area (Å²) in [6.45, 7) is 2.58. The highest BCUT2D eigenvalue weighted by Gasteiger charge is 2.34. The number of nitrogens with one attached hydrogen (secondary N) is 1. The molecule has 5 nitrogen and oxygen atoms in total. The molecule has 1 heterocycles. The topological polar surface area (TPSA) is 75.6 Å². The van der Waals surface area contributed by atoms with Gasteiger partial charge in [-0.3, -0.25) is 4.79 Å². The Hall–Kier alpha value is -1.53. The van der Waals surface area contributed by atoms with E-state index in [9.17, 15) is 9.59 Å². The fourth-order valence-electron chi connectivity index (χ4n) is 2.10. The summed E-state index contributed by atoms with van der Waals surface area (Å²) in [5.41, 5.74) is 1.22. The van der Waals surface area contributed by atoms with Gasteiger partial charge in [-0.2, -0.15) is 0 Å². The zero-order valence-corrected chi connectivity index (χ0v) is 12.7. The van der Waals surface area contributed by atoms with Crippen molar-refractivity contribution in [1.82, 2.24) is 5.32 Å². The maximum atomic E-state index is 11.8. The van der Waals surface area contributed by atoms with E-state index in [0.717, 1.165) is 10.6 Å². The van der Waals surface area contributed by atoms with Crippen LogP contribution in [0.15, 0.2) is 29.2 Å². The lowest BCUT2D eigenvalue weighted by atomic mass is 10.2. The van der Waals surface area contributed by atoms with Crippen molar-refractivity contribution in [1.29, 1.82) is 0 Å². The normalized spacial score (nSPS) is 21.2. The number of carboxylic acid groups (broad SMARTS) is 1. The van der Waals surface area contributed by atoms with Gasteiger partial charge in [0, 0.05) is 17.2 Å². The molecule has 0 aliphatic carbocycles. The van der Waals surface area contributed by atoms with Crippen LogP contribution >= 0.6 is 11.8 Å². The average molecular weight is 309 g/mol. The molecule has 0 radical (unpaired) electrons. The predicted octanol–water partition coefficient (Wildman–Crippen LogP) is 1.84. The molecule has 0 bridgehead atoms. The van der Waals surface area contributed by atoms with E-state index in [0.29, 0.717) is 19.4 Å². The molecule has 0 aromatic heterocycles. The van der Waals surface area contributed by atoms with Crippen LogP contribution in [0.25, 0.3) is 0 Å². The number of ether oxygens (including phenoxy) is 1. The number of hydrogen-bond donors (Lipinski definition) is 2. The van der Waals surface area contributed by atoms with Crippen LogP contribution in [0.3, 0.4) is 0 Å². The molecule has 2 atom stereocenters. The number of carbonyl (C=O) groups excluding carboxylic acids is 1. The second-order valence-electron chi connectivity index (χ2n) is 4.98. The molecule has 0 saturated carbocycles. The molecule has 2 rings (SSSR count). The first-order valence-electron chi connectivity index (χ1n) is 6.91. The first kappa shape index (κ1) is 15.9. The highest BCUT2D eigenvalue weighted by Crippen LogP contribution is 2.20. The lowest BCUT2D eigenvalue weighted by molar-refractivity contribution is -0.151. The largest absolute Gasteiger partial charge is 0.479 e. The van der Waals surface area contributed by atoms with E-state index in [1.807, 2.05) is 6.92 Å². The molecule has 114 valence electrons. The number of carboxylic acids is 1. The Morgan fingerprint density at radius 2 is 1.95 bits per heavy atom. The van der Waals surface area contributed by atoms with Gasteiger partial charge in [-0.15, -0.1) is 11.8 Å². The summed E-state index contributed by atoms with van der Waals surface area (Å²) < 4.78 is 5.19. The van der Waals surface area contributed by atoms with Gasteiger partial charge in [0.2, 0.25) is 5.91 Å². The molecule has 1 saturated heterocycles. The number of thioether (sulfide) groups is 1. The first-order valence-corrected chi connectivity index (χ1v) is 7.90.